The van der Waals surface area contributed by atoms with Gasteiger partial charge in [-0.05, 0) is 30.7 Å². The second kappa shape index (κ2) is 7.19. The Balaban J connectivity index is 1.69. The number of ether oxygens (including phenoxy) is 1. The molecule has 0 heterocycles. The van der Waals surface area contributed by atoms with E-state index in [0.29, 0.717) is 5.94 Å². The van der Waals surface area contributed by atoms with Crippen molar-refractivity contribution in [3.63, 3.8) is 0 Å². The lowest BCUT2D eigenvalue weighted by Crippen LogP contribution is -1.94. The summed E-state index contributed by atoms with van der Waals surface area (Å²) < 4.78 is 5.99. The maximum absolute atomic E-state index is 5.99. The largest absolute Gasteiger partial charge is 0.482 e. The first-order valence-corrected chi connectivity index (χ1v) is 8.28. The summed E-state index contributed by atoms with van der Waals surface area (Å²) in [7, 11) is 0. The lowest BCUT2D eigenvalue weighted by Gasteiger charge is -2.11. The minimum Gasteiger partial charge on any atom is -0.482 e. The van der Waals surface area contributed by atoms with E-state index in [1.165, 1.54) is 16.0 Å². The van der Waals surface area contributed by atoms with E-state index in [9.17, 15) is 0 Å². The molecule has 0 aliphatic heterocycles. The molecular formula is C20H18OS. The summed E-state index contributed by atoms with van der Waals surface area (Å²) in [5, 5.41) is 0. The summed E-state index contributed by atoms with van der Waals surface area (Å²) >= 11 is 1.71. The summed E-state index contributed by atoms with van der Waals surface area (Å²) in [6, 6.07) is 27.0. The molecule has 0 aromatic heterocycles. The summed E-state index contributed by atoms with van der Waals surface area (Å²) in [6.07, 6.45) is 0. The molecule has 0 N–H and O–H groups in total. The van der Waals surface area contributed by atoms with Crippen molar-refractivity contribution in [1.82, 2.24) is 0 Å². The zero-order valence-electron chi connectivity index (χ0n) is 12.5. The summed E-state index contributed by atoms with van der Waals surface area (Å²) in [5.74, 6) is 1.53. The maximum Gasteiger partial charge on any atom is 0.138 e. The highest BCUT2D eigenvalue weighted by Crippen LogP contribution is 2.30. The molecule has 0 aliphatic carbocycles. The molecule has 3 aromatic carbocycles. The van der Waals surface area contributed by atoms with Crippen LogP contribution in [0.4, 0.5) is 0 Å². The quantitative estimate of drug-likeness (QED) is 0.436. The van der Waals surface area contributed by atoms with Crippen LogP contribution in [-0.2, 0) is 0 Å². The second-order valence-electron chi connectivity index (χ2n) is 5.08. The average molecular weight is 306 g/mol. The third-order valence-electron chi connectivity index (χ3n) is 3.43. The van der Waals surface area contributed by atoms with Gasteiger partial charge in [0.15, 0.2) is 0 Å². The Kier molecular flexibility index (Phi) is 4.81. The van der Waals surface area contributed by atoms with E-state index in [2.05, 4.69) is 49.4 Å². The van der Waals surface area contributed by atoms with Crippen molar-refractivity contribution in [1.29, 1.82) is 0 Å². The fourth-order valence-corrected chi connectivity index (χ4v) is 2.89. The number of para-hydroxylation sites is 1. The monoisotopic (exact) mass is 306 g/mol. The molecular weight excluding hydrogens is 288 g/mol. The highest BCUT2D eigenvalue weighted by molar-refractivity contribution is 7.99. The van der Waals surface area contributed by atoms with Crippen LogP contribution in [0.5, 0.6) is 5.75 Å². The molecule has 0 fully saturated rings. The molecule has 1 nitrogen and oxygen atoms in total. The van der Waals surface area contributed by atoms with Crippen molar-refractivity contribution in [3.8, 4) is 16.9 Å². The van der Waals surface area contributed by atoms with Crippen molar-refractivity contribution in [2.24, 2.45) is 0 Å². The van der Waals surface area contributed by atoms with Gasteiger partial charge in [-0.15, -0.1) is 0 Å². The first-order chi connectivity index (χ1) is 10.8. The molecule has 110 valence electrons. The highest BCUT2D eigenvalue weighted by Gasteiger charge is 2.05. The third-order valence-corrected chi connectivity index (χ3v) is 4.27. The van der Waals surface area contributed by atoms with Gasteiger partial charge in [0.1, 0.15) is 11.7 Å². The summed E-state index contributed by atoms with van der Waals surface area (Å²) in [6.45, 7) is 2.10. The first-order valence-electron chi connectivity index (χ1n) is 7.29. The minimum atomic E-state index is 0.604. The van der Waals surface area contributed by atoms with Gasteiger partial charge in [-0.2, -0.15) is 0 Å². The standard InChI is InChI=1S/C20H18OS/c1-16-11-13-18(14-12-16)22-15-21-20-10-6-5-9-19(20)17-7-3-2-4-8-17/h2-14H,15H2,1H3. The van der Waals surface area contributed by atoms with Crippen molar-refractivity contribution in [3.05, 3.63) is 84.4 Å². The fraction of sp³-hybridized carbons (Fsp3) is 0.100. The molecule has 0 unspecified atom stereocenters. The van der Waals surface area contributed by atoms with E-state index in [-0.39, 0.29) is 0 Å². The molecule has 2 heteroatoms. The van der Waals surface area contributed by atoms with Gasteiger partial charge in [-0.1, -0.05) is 78.0 Å². The number of hydrogen-bond donors (Lipinski definition) is 0. The smallest absolute Gasteiger partial charge is 0.138 e. The number of hydrogen-bond acceptors (Lipinski definition) is 2. The Labute approximate surface area is 136 Å². The number of thioether (sulfide) groups is 1. The first kappa shape index (κ1) is 14.7. The molecule has 0 spiro atoms. The van der Waals surface area contributed by atoms with Gasteiger partial charge in [0.05, 0.1) is 0 Å². The Bertz CT molecular complexity index is 720. The third kappa shape index (κ3) is 3.71. The molecule has 0 aliphatic rings. The molecule has 0 atom stereocenters. The Hall–Kier alpha value is -2.19. The lowest BCUT2D eigenvalue weighted by atomic mass is 10.1. The number of aryl methyl sites for hydroxylation is 1. The molecule has 0 saturated carbocycles. The second-order valence-corrected chi connectivity index (χ2v) is 6.08. The van der Waals surface area contributed by atoms with Crippen LogP contribution in [0, 0.1) is 6.92 Å². The predicted molar refractivity (Wildman–Crippen MR) is 94.4 cm³/mol. The van der Waals surface area contributed by atoms with Gasteiger partial charge >= 0.3 is 0 Å². The number of benzene rings is 3. The zero-order valence-corrected chi connectivity index (χ0v) is 13.3. The van der Waals surface area contributed by atoms with Gasteiger partial charge in [-0.3, -0.25) is 0 Å². The van der Waals surface area contributed by atoms with E-state index >= 15 is 0 Å². The maximum atomic E-state index is 5.99. The molecule has 22 heavy (non-hydrogen) atoms. The van der Waals surface area contributed by atoms with Crippen LogP contribution in [0.3, 0.4) is 0 Å². The molecule has 0 saturated heterocycles. The van der Waals surface area contributed by atoms with E-state index in [0.717, 1.165) is 11.3 Å². The van der Waals surface area contributed by atoms with Crippen LogP contribution >= 0.6 is 11.8 Å². The molecule has 0 radical (unpaired) electrons. The van der Waals surface area contributed by atoms with Gasteiger partial charge in [0.25, 0.3) is 0 Å². The normalized spacial score (nSPS) is 10.4. The van der Waals surface area contributed by atoms with Crippen LogP contribution in [-0.4, -0.2) is 5.94 Å². The van der Waals surface area contributed by atoms with Crippen molar-refractivity contribution in [2.45, 2.75) is 11.8 Å². The van der Waals surface area contributed by atoms with Gasteiger partial charge < -0.3 is 4.74 Å². The van der Waals surface area contributed by atoms with E-state index in [4.69, 9.17) is 4.74 Å². The Morgan fingerprint density at radius 3 is 2.23 bits per heavy atom. The van der Waals surface area contributed by atoms with Crippen LogP contribution in [0.15, 0.2) is 83.8 Å². The van der Waals surface area contributed by atoms with Gasteiger partial charge in [0.2, 0.25) is 0 Å². The number of rotatable bonds is 5. The molecule has 0 amide bonds. The topological polar surface area (TPSA) is 9.23 Å². The van der Waals surface area contributed by atoms with Crippen molar-refractivity contribution >= 4 is 11.8 Å². The molecule has 0 bridgehead atoms. The van der Waals surface area contributed by atoms with Gasteiger partial charge in [-0.25, -0.2) is 0 Å². The zero-order chi connectivity index (χ0) is 15.2. The Morgan fingerprint density at radius 1 is 0.773 bits per heavy atom. The Morgan fingerprint density at radius 2 is 1.45 bits per heavy atom. The van der Waals surface area contributed by atoms with Crippen molar-refractivity contribution in [2.75, 3.05) is 5.94 Å². The van der Waals surface area contributed by atoms with E-state index < -0.39 is 0 Å². The van der Waals surface area contributed by atoms with Gasteiger partial charge in [0, 0.05) is 10.5 Å². The summed E-state index contributed by atoms with van der Waals surface area (Å²) in [5.41, 5.74) is 3.59. The SMILES string of the molecule is Cc1ccc(SCOc2ccccc2-c2ccccc2)cc1. The average Bonchev–Trinajstić information content (AvgIpc) is 2.58. The van der Waals surface area contributed by atoms with E-state index in [1.54, 1.807) is 11.8 Å². The highest BCUT2D eigenvalue weighted by atomic mass is 32.2. The van der Waals surface area contributed by atoms with Crippen molar-refractivity contribution < 1.29 is 4.74 Å². The van der Waals surface area contributed by atoms with Crippen LogP contribution < -0.4 is 4.74 Å². The van der Waals surface area contributed by atoms with Crippen LogP contribution in [0.1, 0.15) is 5.56 Å². The van der Waals surface area contributed by atoms with Crippen LogP contribution in [0.25, 0.3) is 11.1 Å². The molecule has 3 rings (SSSR count). The minimum absolute atomic E-state index is 0.604. The van der Waals surface area contributed by atoms with E-state index in [1.807, 2.05) is 36.4 Å². The lowest BCUT2D eigenvalue weighted by molar-refractivity contribution is 0.394. The molecule has 3 aromatic rings. The summed E-state index contributed by atoms with van der Waals surface area (Å²) in [4.78, 5) is 1.22. The fourth-order valence-electron chi connectivity index (χ4n) is 2.24. The predicted octanol–water partition coefficient (Wildman–Crippen LogP) is 5.79. The van der Waals surface area contributed by atoms with Crippen LogP contribution in [0.2, 0.25) is 0 Å².